The van der Waals surface area contributed by atoms with Crippen LogP contribution in [0.5, 0.6) is 5.75 Å². The van der Waals surface area contributed by atoms with Crippen LogP contribution in [0.1, 0.15) is 11.1 Å². The summed E-state index contributed by atoms with van der Waals surface area (Å²) >= 11 is 0. The zero-order valence-electron chi connectivity index (χ0n) is 9.20. The van der Waals surface area contributed by atoms with E-state index in [-0.39, 0.29) is 5.91 Å². The maximum Gasteiger partial charge on any atom is 0.243 e. The molecule has 0 aliphatic carbocycles. The van der Waals surface area contributed by atoms with Crippen molar-refractivity contribution in [3.63, 3.8) is 0 Å². The maximum atomic E-state index is 11.0. The molecule has 0 heterocycles. The number of benzene rings is 1. The molecule has 0 unspecified atom stereocenters. The van der Waals surface area contributed by atoms with Crippen molar-refractivity contribution in [3.05, 3.63) is 35.4 Å². The highest BCUT2D eigenvalue weighted by atomic mass is 16.5. The van der Waals surface area contributed by atoms with Crippen molar-refractivity contribution in [2.75, 3.05) is 14.2 Å². The molecule has 1 aromatic rings. The molecule has 0 fully saturated rings. The van der Waals surface area contributed by atoms with Crippen molar-refractivity contribution < 1.29 is 9.53 Å². The Bertz CT molecular complexity index is 383. The van der Waals surface area contributed by atoms with Crippen LogP contribution in [0, 0.1) is 6.92 Å². The van der Waals surface area contributed by atoms with Crippen molar-refractivity contribution in [1.29, 1.82) is 0 Å². The summed E-state index contributed by atoms with van der Waals surface area (Å²) < 4.78 is 5.18. The Hall–Kier alpha value is -1.77. The normalized spacial score (nSPS) is 10.3. The first-order chi connectivity index (χ1) is 7.17. The lowest BCUT2D eigenvalue weighted by Crippen LogP contribution is -2.13. The molecule has 0 saturated heterocycles. The minimum Gasteiger partial charge on any atom is -0.496 e. The Morgan fingerprint density at radius 1 is 1.47 bits per heavy atom. The zero-order valence-corrected chi connectivity index (χ0v) is 9.20. The van der Waals surface area contributed by atoms with E-state index in [1.165, 1.54) is 6.08 Å². The Morgan fingerprint density at radius 2 is 2.20 bits per heavy atom. The van der Waals surface area contributed by atoms with Crippen LogP contribution < -0.4 is 10.1 Å². The van der Waals surface area contributed by atoms with Gasteiger partial charge in [0.05, 0.1) is 7.11 Å². The average Bonchev–Trinajstić information content (AvgIpc) is 2.26. The second kappa shape index (κ2) is 5.20. The van der Waals surface area contributed by atoms with E-state index in [1.54, 1.807) is 20.2 Å². The number of hydrogen-bond acceptors (Lipinski definition) is 2. The van der Waals surface area contributed by atoms with Gasteiger partial charge in [-0.15, -0.1) is 0 Å². The van der Waals surface area contributed by atoms with Gasteiger partial charge in [0.15, 0.2) is 0 Å². The fraction of sp³-hybridized carbons (Fsp3) is 0.250. The summed E-state index contributed by atoms with van der Waals surface area (Å²) in [6.45, 7) is 2.00. The molecule has 0 atom stereocenters. The first-order valence-corrected chi connectivity index (χ1v) is 4.72. The molecule has 0 aliphatic heterocycles. The van der Waals surface area contributed by atoms with E-state index in [4.69, 9.17) is 4.74 Å². The first kappa shape index (κ1) is 11.3. The molecule has 1 N–H and O–H groups in total. The van der Waals surface area contributed by atoms with Crippen LogP contribution in [-0.2, 0) is 4.79 Å². The van der Waals surface area contributed by atoms with Crippen molar-refractivity contribution in [2.24, 2.45) is 0 Å². The van der Waals surface area contributed by atoms with E-state index in [1.807, 2.05) is 25.1 Å². The lowest BCUT2D eigenvalue weighted by Gasteiger charge is -2.05. The monoisotopic (exact) mass is 205 g/mol. The third-order valence-corrected chi connectivity index (χ3v) is 2.05. The van der Waals surface area contributed by atoms with Crippen LogP contribution in [0.25, 0.3) is 6.08 Å². The highest BCUT2D eigenvalue weighted by Crippen LogP contribution is 2.20. The van der Waals surface area contributed by atoms with E-state index in [2.05, 4.69) is 5.32 Å². The number of amides is 1. The van der Waals surface area contributed by atoms with Gasteiger partial charge < -0.3 is 10.1 Å². The highest BCUT2D eigenvalue weighted by Gasteiger charge is 1.99. The van der Waals surface area contributed by atoms with Gasteiger partial charge in [0, 0.05) is 18.7 Å². The Labute approximate surface area is 89.8 Å². The molecule has 1 rings (SSSR count). The highest BCUT2D eigenvalue weighted by molar-refractivity contribution is 5.91. The molecule has 1 aromatic carbocycles. The molecule has 0 aliphatic rings. The SMILES string of the molecule is CNC(=O)/C=C/c1cc(C)ccc1OC. The van der Waals surface area contributed by atoms with Crippen LogP contribution in [0.3, 0.4) is 0 Å². The zero-order chi connectivity index (χ0) is 11.3. The number of carbonyl (C=O) groups excluding carboxylic acids is 1. The van der Waals surface area contributed by atoms with Gasteiger partial charge in [0.25, 0.3) is 0 Å². The standard InChI is InChI=1S/C12H15NO2/c1-9-4-6-11(15-3)10(8-9)5-7-12(14)13-2/h4-8H,1-3H3,(H,13,14)/b7-5+. The third kappa shape index (κ3) is 3.13. The van der Waals surface area contributed by atoms with E-state index in [0.717, 1.165) is 16.9 Å². The Kier molecular flexibility index (Phi) is 3.92. The molecular formula is C12H15NO2. The second-order valence-corrected chi connectivity index (χ2v) is 3.19. The van der Waals surface area contributed by atoms with Gasteiger partial charge in [-0.05, 0) is 25.1 Å². The number of rotatable bonds is 3. The van der Waals surface area contributed by atoms with E-state index in [0.29, 0.717) is 0 Å². The van der Waals surface area contributed by atoms with E-state index in [9.17, 15) is 4.79 Å². The van der Waals surface area contributed by atoms with Crippen LogP contribution in [0.15, 0.2) is 24.3 Å². The molecule has 0 bridgehead atoms. The number of aryl methyl sites for hydroxylation is 1. The summed E-state index contributed by atoms with van der Waals surface area (Å²) in [5.41, 5.74) is 2.04. The fourth-order valence-electron chi connectivity index (χ4n) is 1.23. The molecule has 15 heavy (non-hydrogen) atoms. The largest absolute Gasteiger partial charge is 0.496 e. The summed E-state index contributed by atoms with van der Waals surface area (Å²) in [5, 5.41) is 2.52. The number of carbonyl (C=O) groups is 1. The van der Waals surface area contributed by atoms with Gasteiger partial charge in [0.1, 0.15) is 5.75 Å². The van der Waals surface area contributed by atoms with Crippen molar-refractivity contribution in [2.45, 2.75) is 6.92 Å². The molecule has 3 nitrogen and oxygen atoms in total. The quantitative estimate of drug-likeness (QED) is 0.764. The van der Waals surface area contributed by atoms with Crippen molar-refractivity contribution in [3.8, 4) is 5.75 Å². The predicted octanol–water partition coefficient (Wildman–Crippen LogP) is 1.76. The van der Waals surface area contributed by atoms with Gasteiger partial charge in [0.2, 0.25) is 5.91 Å². The topological polar surface area (TPSA) is 38.3 Å². The molecule has 3 heteroatoms. The molecule has 0 radical (unpaired) electrons. The molecule has 0 aromatic heterocycles. The Balaban J connectivity index is 2.96. The van der Waals surface area contributed by atoms with Gasteiger partial charge in [-0.25, -0.2) is 0 Å². The summed E-state index contributed by atoms with van der Waals surface area (Å²) in [4.78, 5) is 11.0. The van der Waals surface area contributed by atoms with Crippen molar-refractivity contribution in [1.82, 2.24) is 5.32 Å². The van der Waals surface area contributed by atoms with Crippen LogP contribution in [0.4, 0.5) is 0 Å². The molecule has 80 valence electrons. The van der Waals surface area contributed by atoms with Gasteiger partial charge in [-0.3, -0.25) is 4.79 Å². The number of ether oxygens (including phenoxy) is 1. The lowest BCUT2D eigenvalue weighted by atomic mass is 10.1. The first-order valence-electron chi connectivity index (χ1n) is 4.72. The number of methoxy groups -OCH3 is 1. The van der Waals surface area contributed by atoms with Crippen LogP contribution >= 0.6 is 0 Å². The number of hydrogen-bond donors (Lipinski definition) is 1. The smallest absolute Gasteiger partial charge is 0.243 e. The molecule has 0 saturated carbocycles. The van der Waals surface area contributed by atoms with Crippen molar-refractivity contribution >= 4 is 12.0 Å². The fourth-order valence-corrected chi connectivity index (χ4v) is 1.23. The number of likely N-dealkylation sites (N-methyl/N-ethyl adjacent to an activating group) is 1. The summed E-state index contributed by atoms with van der Waals surface area (Å²) in [5.74, 6) is 0.638. The van der Waals surface area contributed by atoms with E-state index >= 15 is 0 Å². The Morgan fingerprint density at radius 3 is 2.80 bits per heavy atom. The maximum absolute atomic E-state index is 11.0. The van der Waals surface area contributed by atoms with Crippen LogP contribution in [-0.4, -0.2) is 20.1 Å². The summed E-state index contributed by atoms with van der Waals surface area (Å²) in [6.07, 6.45) is 3.22. The number of nitrogens with one attached hydrogen (secondary N) is 1. The lowest BCUT2D eigenvalue weighted by molar-refractivity contribution is -0.115. The summed E-state index contributed by atoms with van der Waals surface area (Å²) in [6, 6.07) is 5.83. The minimum absolute atomic E-state index is 0.126. The van der Waals surface area contributed by atoms with Crippen LogP contribution in [0.2, 0.25) is 0 Å². The minimum atomic E-state index is -0.126. The second-order valence-electron chi connectivity index (χ2n) is 3.19. The average molecular weight is 205 g/mol. The van der Waals surface area contributed by atoms with Gasteiger partial charge in [-0.2, -0.15) is 0 Å². The third-order valence-electron chi connectivity index (χ3n) is 2.05. The molecular weight excluding hydrogens is 190 g/mol. The van der Waals surface area contributed by atoms with Gasteiger partial charge in [-0.1, -0.05) is 11.6 Å². The molecule has 0 spiro atoms. The summed E-state index contributed by atoms with van der Waals surface area (Å²) in [7, 11) is 3.21. The molecule has 1 amide bonds. The predicted molar refractivity (Wildman–Crippen MR) is 60.8 cm³/mol. The van der Waals surface area contributed by atoms with Gasteiger partial charge >= 0.3 is 0 Å². The van der Waals surface area contributed by atoms with E-state index < -0.39 is 0 Å².